The number of hydrogen-bond acceptors (Lipinski definition) is 6. The van der Waals surface area contributed by atoms with Crippen LogP contribution in [0, 0.1) is 50.4 Å². The molecule has 9 heteroatoms. The molecule has 5 heterocycles. The number of carbonyl (C=O) groups excluding carboxylic acids is 2. The van der Waals surface area contributed by atoms with Gasteiger partial charge in [-0.15, -0.1) is 0 Å². The predicted molar refractivity (Wildman–Crippen MR) is 240 cm³/mol. The number of nitrogens with one attached hydrogen (secondary N) is 4. The molecular formula is C50H66N4O5. The van der Waals surface area contributed by atoms with E-state index in [0.717, 1.165) is 92.5 Å². The summed E-state index contributed by atoms with van der Waals surface area (Å²) in [5.74, 6) is -1.01. The lowest BCUT2D eigenvalue weighted by atomic mass is 9.85. The van der Waals surface area contributed by atoms with Gasteiger partial charge >= 0.3 is 5.97 Å². The molecule has 0 amide bonds. The first kappa shape index (κ1) is 43.4. The minimum atomic E-state index is -1.14. The van der Waals surface area contributed by atoms with Gasteiger partial charge in [0.25, 0.3) is 5.95 Å². The van der Waals surface area contributed by atoms with Gasteiger partial charge in [0.15, 0.2) is 5.78 Å². The standard InChI is InChI=1S/C50H66N4O5/c1-12-34-30(7)37-24-39-32(9)36(20-21-43(55)59-23-22-29(6)19-15-18-28(5)17-14-16-27(3)4)47(53-39)45-46(50(57)58-11)49(56)44-33(10)40(54-48(44)45)26-42-35(13-2)31(8)38(52-42)25-41(34)51-37/h12,21-22,24-28,32,36,46,51-55H,1,13-20,23H2,2-11H3/b29-22-,38-25-,39-24-,42-26-,43-21+,47-45-/t28-,32+,36+,46-/m1/s1. The summed E-state index contributed by atoms with van der Waals surface area (Å²) in [4.78, 5) is 38.9. The van der Waals surface area contributed by atoms with Crippen molar-refractivity contribution in [3.05, 3.63) is 108 Å². The van der Waals surface area contributed by atoms with Crippen molar-refractivity contribution in [1.82, 2.24) is 20.3 Å². The number of aliphatic hydroxyl groups excluding tert-OH is 1. The largest absolute Gasteiger partial charge is 0.481 e. The average Bonchev–Trinajstić information content (AvgIpc) is 3.94. The van der Waals surface area contributed by atoms with Crippen molar-refractivity contribution in [1.29, 1.82) is 0 Å². The Morgan fingerprint density at radius 3 is 2.34 bits per heavy atom. The fourth-order valence-electron chi connectivity index (χ4n) is 9.33. The summed E-state index contributed by atoms with van der Waals surface area (Å²) in [6.45, 7) is 23.9. The number of methoxy groups -OCH3 is 1. The normalized spacial score (nSPS) is 22.7. The van der Waals surface area contributed by atoms with Gasteiger partial charge in [0, 0.05) is 67.7 Å². The lowest BCUT2D eigenvalue weighted by molar-refractivity contribution is -0.141. The number of fused-ring (bicyclic) bond motifs is 7. The monoisotopic (exact) mass is 803 g/mol. The van der Waals surface area contributed by atoms with Gasteiger partial charge < -0.3 is 34.8 Å². The summed E-state index contributed by atoms with van der Waals surface area (Å²) >= 11 is 0. The highest BCUT2D eigenvalue weighted by molar-refractivity contribution is 6.24. The highest BCUT2D eigenvalue weighted by Gasteiger charge is 2.48. The van der Waals surface area contributed by atoms with E-state index >= 15 is 0 Å². The van der Waals surface area contributed by atoms with E-state index in [4.69, 9.17) is 9.47 Å². The Bertz CT molecular complexity index is 2360. The third-order valence-corrected chi connectivity index (χ3v) is 13.0. The number of rotatable bonds is 16. The van der Waals surface area contributed by atoms with Crippen molar-refractivity contribution in [2.24, 2.45) is 29.6 Å². The van der Waals surface area contributed by atoms with Gasteiger partial charge in [0.05, 0.1) is 12.8 Å². The molecule has 1 saturated heterocycles. The second-order valence-electron chi connectivity index (χ2n) is 17.5. The average molecular weight is 803 g/mol. The number of hydrogen-bond donors (Lipinski definition) is 5. The minimum absolute atomic E-state index is 0.0890. The first-order valence-electron chi connectivity index (χ1n) is 21.7. The molecular weight excluding hydrogens is 737 g/mol. The van der Waals surface area contributed by atoms with Crippen molar-refractivity contribution in [3.8, 4) is 0 Å². The fraction of sp³-hybridized carbons (Fsp3) is 0.480. The van der Waals surface area contributed by atoms with E-state index in [-0.39, 0.29) is 30.2 Å². The van der Waals surface area contributed by atoms with E-state index in [1.807, 2.05) is 19.1 Å². The summed E-state index contributed by atoms with van der Waals surface area (Å²) in [6, 6.07) is 0. The van der Waals surface area contributed by atoms with Crippen molar-refractivity contribution >= 4 is 41.6 Å². The second kappa shape index (κ2) is 18.4. The highest BCUT2D eigenvalue weighted by atomic mass is 16.6. The van der Waals surface area contributed by atoms with Crippen molar-refractivity contribution in [3.63, 3.8) is 0 Å². The lowest BCUT2D eigenvalue weighted by Crippen LogP contribution is -2.25. The Hall–Kier alpha value is -5.18. The molecule has 0 radical (unpaired) electrons. The SMILES string of the molecule is C=Cc1c2[nH]c(c1C)/C=C1\N/C(=C3\c4[nH]c(c(C)c4C(=O)[C@@H]3C(=O)OC)/C=c3\[nH]/c(c(C)c3CC)=C\2)[C@@H](C/C=C(\O)OC/C=C(/C)CCC[C@H](C)CCCC(C)C)[C@@H]1C. The van der Waals surface area contributed by atoms with Gasteiger partial charge in [0.2, 0.25) is 0 Å². The van der Waals surface area contributed by atoms with Crippen LogP contribution in [0.3, 0.4) is 0 Å². The van der Waals surface area contributed by atoms with E-state index in [1.165, 1.54) is 43.9 Å². The zero-order valence-corrected chi connectivity index (χ0v) is 37.0. The molecule has 0 unspecified atom stereocenters. The first-order chi connectivity index (χ1) is 28.2. The highest BCUT2D eigenvalue weighted by Crippen LogP contribution is 2.48. The van der Waals surface area contributed by atoms with Crippen LogP contribution in [-0.2, 0) is 20.7 Å². The molecule has 8 bridgehead atoms. The molecule has 2 aliphatic heterocycles. The molecule has 5 N–H and O–H groups in total. The number of aromatic amines is 3. The Morgan fingerprint density at radius 2 is 1.64 bits per heavy atom. The summed E-state index contributed by atoms with van der Waals surface area (Å²) in [5, 5.41) is 16.7. The Kier molecular flexibility index (Phi) is 13.5. The quantitative estimate of drug-likeness (QED) is 0.0424. The Balaban J connectivity index is 1.37. The Morgan fingerprint density at radius 1 is 0.932 bits per heavy atom. The van der Waals surface area contributed by atoms with Gasteiger partial charge in [-0.3, -0.25) is 9.59 Å². The molecule has 3 aromatic heterocycles. The second-order valence-corrected chi connectivity index (χ2v) is 17.5. The first-order valence-corrected chi connectivity index (χ1v) is 21.7. The van der Waals surface area contributed by atoms with Crippen LogP contribution in [0.2, 0.25) is 0 Å². The molecule has 316 valence electrons. The zero-order chi connectivity index (χ0) is 42.7. The number of aromatic nitrogens is 3. The van der Waals surface area contributed by atoms with E-state index in [2.05, 4.69) is 100 Å². The van der Waals surface area contributed by atoms with Crippen molar-refractivity contribution in [2.45, 2.75) is 114 Å². The molecule has 3 aromatic rings. The molecule has 1 aliphatic carbocycles. The van der Waals surface area contributed by atoms with Gasteiger partial charge in [-0.1, -0.05) is 78.5 Å². The van der Waals surface area contributed by atoms with E-state index in [0.29, 0.717) is 23.3 Å². The number of allylic oxidation sites excluding steroid dienone is 4. The summed E-state index contributed by atoms with van der Waals surface area (Å²) in [6.07, 6.45) is 20.4. The van der Waals surface area contributed by atoms with Gasteiger partial charge in [0.1, 0.15) is 12.5 Å². The lowest BCUT2D eigenvalue weighted by Gasteiger charge is -2.19. The number of ether oxygens (including phenoxy) is 2. The Labute approximate surface area is 350 Å². The fourth-order valence-corrected chi connectivity index (χ4v) is 9.33. The summed E-state index contributed by atoms with van der Waals surface area (Å²) in [7, 11) is 1.32. The molecule has 4 atom stereocenters. The third-order valence-electron chi connectivity index (χ3n) is 13.0. The number of Topliss-reactive ketones (excluding diaryl/α,β-unsaturated/α-hetero) is 1. The molecule has 6 rings (SSSR count). The van der Waals surface area contributed by atoms with Gasteiger partial charge in [-0.2, -0.15) is 0 Å². The van der Waals surface area contributed by atoms with Crippen LogP contribution in [0.15, 0.2) is 41.6 Å². The minimum Gasteiger partial charge on any atom is -0.481 e. The van der Waals surface area contributed by atoms with Crippen molar-refractivity contribution < 1.29 is 24.2 Å². The van der Waals surface area contributed by atoms with Gasteiger partial charge in [-0.25, -0.2) is 0 Å². The van der Waals surface area contributed by atoms with Crippen LogP contribution >= 0.6 is 0 Å². The molecule has 59 heavy (non-hydrogen) atoms. The van der Waals surface area contributed by atoms with Crippen LogP contribution in [0.5, 0.6) is 0 Å². The van der Waals surface area contributed by atoms with Crippen LogP contribution in [0.4, 0.5) is 0 Å². The molecule has 0 saturated carbocycles. The molecule has 9 nitrogen and oxygen atoms in total. The number of carbonyl (C=O) groups is 2. The molecule has 3 aliphatic rings. The van der Waals surface area contributed by atoms with E-state index < -0.39 is 11.9 Å². The van der Waals surface area contributed by atoms with Gasteiger partial charge in [-0.05, 0) is 118 Å². The topological polar surface area (TPSA) is 132 Å². The summed E-state index contributed by atoms with van der Waals surface area (Å²) in [5.41, 5.74) is 12.5. The maximum absolute atomic E-state index is 14.4. The maximum atomic E-state index is 14.4. The number of H-pyrrole nitrogens is 3. The number of esters is 1. The molecule has 1 fully saturated rings. The third kappa shape index (κ3) is 8.90. The van der Waals surface area contributed by atoms with Crippen LogP contribution in [0.25, 0.3) is 29.9 Å². The van der Waals surface area contributed by atoms with E-state index in [1.54, 1.807) is 6.08 Å². The van der Waals surface area contributed by atoms with Crippen LogP contribution in [0.1, 0.15) is 147 Å². The van der Waals surface area contributed by atoms with E-state index in [9.17, 15) is 14.7 Å². The maximum Gasteiger partial charge on any atom is 0.321 e. The molecule has 0 aromatic carbocycles. The van der Waals surface area contributed by atoms with Crippen LogP contribution in [-0.4, -0.2) is 45.5 Å². The van der Waals surface area contributed by atoms with Crippen LogP contribution < -0.4 is 16.0 Å². The number of ketones is 1. The summed E-state index contributed by atoms with van der Waals surface area (Å²) < 4.78 is 11.1. The van der Waals surface area contributed by atoms with Crippen molar-refractivity contribution in [2.75, 3.05) is 13.7 Å². The smallest absolute Gasteiger partial charge is 0.321 e. The number of aliphatic hydroxyl groups is 1. The molecule has 0 spiro atoms. The predicted octanol–water partition coefficient (Wildman–Crippen LogP) is 9.75. The zero-order valence-electron chi connectivity index (χ0n) is 37.0.